The molecule has 0 unspecified atom stereocenters. The lowest BCUT2D eigenvalue weighted by Crippen LogP contribution is -2.07. The molecule has 1 aromatic rings. The average Bonchev–Trinajstić information content (AvgIpc) is 2.46. The first kappa shape index (κ1) is 6.82. The quantitative estimate of drug-likeness (QED) is 0.628. The predicted molar refractivity (Wildman–Crippen MR) is 37.8 cm³/mol. The molecule has 1 aromatic heterocycles. The lowest BCUT2D eigenvalue weighted by Gasteiger charge is -2.07. The molecule has 2 rings (SSSR count). The van der Waals surface area contributed by atoms with E-state index in [0.717, 1.165) is 24.5 Å². The van der Waals surface area contributed by atoms with Crippen LogP contribution in [0.15, 0.2) is 4.42 Å². The van der Waals surface area contributed by atoms with E-state index in [0.29, 0.717) is 19.0 Å². The Labute approximate surface area is 64.4 Å². The monoisotopic (exact) mass is 154 g/mol. The molecule has 0 bridgehead atoms. The van der Waals surface area contributed by atoms with Crippen molar-refractivity contribution in [1.82, 2.24) is 4.98 Å². The van der Waals surface area contributed by atoms with Crippen LogP contribution in [0.3, 0.4) is 0 Å². The van der Waals surface area contributed by atoms with E-state index in [-0.39, 0.29) is 0 Å². The summed E-state index contributed by atoms with van der Waals surface area (Å²) < 4.78 is 10.5. The summed E-state index contributed by atoms with van der Waals surface area (Å²) in [5.74, 6) is 1.46. The van der Waals surface area contributed by atoms with Crippen LogP contribution in [-0.4, -0.2) is 11.6 Å². The van der Waals surface area contributed by atoms with Crippen LogP contribution in [0.4, 0.5) is 0 Å². The Morgan fingerprint density at radius 1 is 1.55 bits per heavy atom. The summed E-state index contributed by atoms with van der Waals surface area (Å²) in [4.78, 5) is 4.20. The van der Waals surface area contributed by atoms with Gasteiger partial charge in [0.15, 0.2) is 5.76 Å². The molecule has 0 saturated carbocycles. The number of fused-ring (bicyclic) bond motifs is 1. The van der Waals surface area contributed by atoms with Gasteiger partial charge in [-0.05, 0) is 0 Å². The van der Waals surface area contributed by atoms with Crippen LogP contribution in [0.5, 0.6) is 0 Å². The molecule has 0 amide bonds. The van der Waals surface area contributed by atoms with Crippen LogP contribution in [0.25, 0.3) is 0 Å². The molecular formula is C7H10N2O2. The van der Waals surface area contributed by atoms with E-state index in [4.69, 9.17) is 14.9 Å². The maximum Gasteiger partial charge on any atom is 0.208 e. The van der Waals surface area contributed by atoms with Gasteiger partial charge in [-0.3, -0.25) is 0 Å². The van der Waals surface area contributed by atoms with Gasteiger partial charge in [-0.1, -0.05) is 0 Å². The molecule has 60 valence electrons. The van der Waals surface area contributed by atoms with Crippen molar-refractivity contribution in [2.45, 2.75) is 19.6 Å². The number of ether oxygens (including phenoxy) is 1. The number of nitrogens with zero attached hydrogens (tertiary/aromatic N) is 1. The average molecular weight is 154 g/mol. The van der Waals surface area contributed by atoms with Gasteiger partial charge in [-0.15, -0.1) is 0 Å². The number of hydrogen-bond donors (Lipinski definition) is 1. The highest BCUT2D eigenvalue weighted by Gasteiger charge is 2.15. The zero-order valence-electron chi connectivity index (χ0n) is 6.17. The molecule has 0 atom stereocenters. The summed E-state index contributed by atoms with van der Waals surface area (Å²) in [5, 5.41) is 0. The second kappa shape index (κ2) is 2.64. The molecule has 0 fully saturated rings. The van der Waals surface area contributed by atoms with Crippen LogP contribution in [0.2, 0.25) is 0 Å². The maximum atomic E-state index is 5.36. The van der Waals surface area contributed by atoms with Crippen LogP contribution in [0, 0.1) is 0 Å². The van der Waals surface area contributed by atoms with Gasteiger partial charge in [0.1, 0.15) is 6.61 Å². The first-order valence-electron chi connectivity index (χ1n) is 3.65. The fraction of sp³-hybridized carbons (Fsp3) is 0.571. The lowest BCUT2D eigenvalue weighted by molar-refractivity contribution is 0.0928. The summed E-state index contributed by atoms with van der Waals surface area (Å²) in [7, 11) is 0. The van der Waals surface area contributed by atoms with Gasteiger partial charge in [-0.25, -0.2) is 4.98 Å². The van der Waals surface area contributed by atoms with E-state index in [1.165, 1.54) is 0 Å². The Balaban J connectivity index is 2.32. The molecule has 2 heterocycles. The molecular weight excluding hydrogens is 144 g/mol. The Morgan fingerprint density at radius 2 is 2.45 bits per heavy atom. The predicted octanol–water partition coefficient (Wildman–Crippen LogP) is 0.206. The van der Waals surface area contributed by atoms with Crippen molar-refractivity contribution in [3.05, 3.63) is 17.3 Å². The molecule has 0 aliphatic carbocycles. The standard InChI is InChI=1S/C7H10N2O2/c8-3-7-9-5-1-2-10-4-6(5)11-7/h1-4,8H2. The largest absolute Gasteiger partial charge is 0.442 e. The number of nitrogens with two attached hydrogens (primary N) is 1. The van der Waals surface area contributed by atoms with Gasteiger partial charge in [0, 0.05) is 6.42 Å². The Bertz CT molecular complexity index is 233. The van der Waals surface area contributed by atoms with Crippen molar-refractivity contribution in [2.24, 2.45) is 5.73 Å². The molecule has 0 spiro atoms. The van der Waals surface area contributed by atoms with E-state index in [9.17, 15) is 0 Å². The number of rotatable bonds is 1. The van der Waals surface area contributed by atoms with Gasteiger partial charge in [0.25, 0.3) is 0 Å². The van der Waals surface area contributed by atoms with E-state index in [1.807, 2.05) is 0 Å². The Morgan fingerprint density at radius 3 is 3.18 bits per heavy atom. The van der Waals surface area contributed by atoms with E-state index in [2.05, 4.69) is 4.98 Å². The van der Waals surface area contributed by atoms with Crippen molar-refractivity contribution in [3.63, 3.8) is 0 Å². The second-order valence-electron chi connectivity index (χ2n) is 2.48. The lowest BCUT2D eigenvalue weighted by atomic mass is 10.2. The molecule has 1 aliphatic rings. The second-order valence-corrected chi connectivity index (χ2v) is 2.48. The smallest absolute Gasteiger partial charge is 0.208 e. The molecule has 0 radical (unpaired) electrons. The molecule has 1 aliphatic heterocycles. The van der Waals surface area contributed by atoms with Crippen LogP contribution < -0.4 is 5.73 Å². The summed E-state index contributed by atoms with van der Waals surface area (Å²) in [6.45, 7) is 1.65. The molecule has 0 aromatic carbocycles. The fourth-order valence-electron chi connectivity index (χ4n) is 1.17. The molecule has 0 saturated heterocycles. The number of hydrogen-bond acceptors (Lipinski definition) is 4. The van der Waals surface area contributed by atoms with Gasteiger partial charge in [0.05, 0.1) is 18.8 Å². The normalized spacial score (nSPS) is 16.5. The van der Waals surface area contributed by atoms with Crippen LogP contribution in [-0.2, 0) is 24.3 Å². The third-order valence-corrected chi connectivity index (χ3v) is 1.71. The van der Waals surface area contributed by atoms with Crippen molar-refractivity contribution >= 4 is 0 Å². The van der Waals surface area contributed by atoms with Gasteiger partial charge in [0.2, 0.25) is 5.89 Å². The number of oxazole rings is 1. The Hall–Kier alpha value is -0.870. The minimum atomic E-state index is 0.368. The highest BCUT2D eigenvalue weighted by atomic mass is 16.5. The third kappa shape index (κ3) is 1.15. The summed E-state index contributed by atoms with van der Waals surface area (Å²) in [6.07, 6.45) is 0.846. The summed E-state index contributed by atoms with van der Waals surface area (Å²) in [5.41, 5.74) is 6.38. The topological polar surface area (TPSA) is 61.3 Å². The summed E-state index contributed by atoms with van der Waals surface area (Å²) in [6, 6.07) is 0. The number of aromatic nitrogens is 1. The summed E-state index contributed by atoms with van der Waals surface area (Å²) >= 11 is 0. The first-order valence-corrected chi connectivity index (χ1v) is 3.65. The van der Waals surface area contributed by atoms with Crippen molar-refractivity contribution < 1.29 is 9.15 Å². The zero-order valence-corrected chi connectivity index (χ0v) is 6.17. The van der Waals surface area contributed by atoms with Crippen molar-refractivity contribution in [2.75, 3.05) is 6.61 Å². The maximum absolute atomic E-state index is 5.36. The van der Waals surface area contributed by atoms with E-state index < -0.39 is 0 Å². The fourth-order valence-corrected chi connectivity index (χ4v) is 1.17. The third-order valence-electron chi connectivity index (χ3n) is 1.71. The van der Waals surface area contributed by atoms with Crippen molar-refractivity contribution in [3.8, 4) is 0 Å². The molecule has 2 N–H and O–H groups in total. The van der Waals surface area contributed by atoms with Crippen LogP contribution in [0.1, 0.15) is 17.3 Å². The molecule has 4 heteroatoms. The SMILES string of the molecule is NCc1nc2c(o1)COCC2. The molecule has 11 heavy (non-hydrogen) atoms. The van der Waals surface area contributed by atoms with Crippen LogP contribution >= 0.6 is 0 Å². The minimum absolute atomic E-state index is 0.368. The van der Waals surface area contributed by atoms with Gasteiger partial charge in [-0.2, -0.15) is 0 Å². The van der Waals surface area contributed by atoms with Crippen molar-refractivity contribution in [1.29, 1.82) is 0 Å². The van der Waals surface area contributed by atoms with E-state index in [1.54, 1.807) is 0 Å². The highest BCUT2D eigenvalue weighted by Crippen LogP contribution is 2.16. The highest BCUT2D eigenvalue weighted by molar-refractivity contribution is 5.11. The molecule has 4 nitrogen and oxygen atoms in total. The Kier molecular flexibility index (Phi) is 1.63. The first-order chi connectivity index (χ1) is 5.40. The van der Waals surface area contributed by atoms with E-state index >= 15 is 0 Å². The van der Waals surface area contributed by atoms with Gasteiger partial charge < -0.3 is 14.9 Å². The van der Waals surface area contributed by atoms with Gasteiger partial charge >= 0.3 is 0 Å². The minimum Gasteiger partial charge on any atom is -0.442 e. The zero-order chi connectivity index (χ0) is 7.68.